The molecule has 198 valence electrons. The van der Waals surface area contributed by atoms with Crippen molar-refractivity contribution in [2.45, 2.75) is 11.5 Å². The Morgan fingerprint density at radius 2 is 1.50 bits per heavy atom. The van der Waals surface area contributed by atoms with E-state index in [2.05, 4.69) is 0 Å². The summed E-state index contributed by atoms with van der Waals surface area (Å²) in [5.41, 5.74) is 3.46. The molecule has 5 aromatic rings. The molecule has 1 aromatic heterocycles. The number of hydrogen-bond acceptors (Lipinski definition) is 5. The molecule has 0 bridgehead atoms. The fourth-order valence-electron chi connectivity index (χ4n) is 3.94. The highest BCUT2D eigenvalue weighted by Gasteiger charge is 2.22. The molecule has 1 heterocycles. The first-order valence-corrected chi connectivity index (χ1v) is 14.3. The molecule has 0 radical (unpaired) electrons. The number of para-hydroxylation sites is 1. The van der Waals surface area contributed by atoms with Crippen LogP contribution in [0.2, 0.25) is 10.0 Å². The number of rotatable bonds is 8. The lowest BCUT2D eigenvalue weighted by molar-refractivity contribution is 0.306. The first-order chi connectivity index (χ1) is 19.3. The molecule has 0 aliphatic heterocycles. The first-order valence-electron chi connectivity index (χ1n) is 12.1. The summed E-state index contributed by atoms with van der Waals surface area (Å²) in [7, 11) is -4.09. The molecule has 0 aliphatic rings. The van der Waals surface area contributed by atoms with Crippen molar-refractivity contribution in [3.63, 3.8) is 0 Å². The van der Waals surface area contributed by atoms with E-state index in [1.165, 1.54) is 30.3 Å². The first kappa shape index (κ1) is 27.2. The van der Waals surface area contributed by atoms with E-state index in [1.807, 2.05) is 84.9 Å². The summed E-state index contributed by atoms with van der Waals surface area (Å²) in [6.07, 6.45) is 3.04. The van der Waals surface area contributed by atoms with E-state index in [0.29, 0.717) is 33.7 Å². The van der Waals surface area contributed by atoms with Crippen molar-refractivity contribution in [2.24, 2.45) is 0 Å². The molecule has 0 atom stereocenters. The minimum Gasteiger partial charge on any atom is -0.489 e. The Labute approximate surface area is 242 Å². The van der Waals surface area contributed by atoms with Gasteiger partial charge in [-0.2, -0.15) is 10.4 Å². The molecule has 9 heteroatoms. The Morgan fingerprint density at radius 1 is 0.875 bits per heavy atom. The van der Waals surface area contributed by atoms with Gasteiger partial charge in [0, 0.05) is 27.4 Å². The van der Waals surface area contributed by atoms with Gasteiger partial charge in [0.2, 0.25) is 9.84 Å². The Bertz CT molecular complexity index is 1810. The highest BCUT2D eigenvalue weighted by molar-refractivity contribution is 7.95. The maximum atomic E-state index is 13.3. The van der Waals surface area contributed by atoms with E-state index in [4.69, 9.17) is 33.0 Å². The van der Waals surface area contributed by atoms with E-state index in [1.54, 1.807) is 10.9 Å². The van der Waals surface area contributed by atoms with Gasteiger partial charge in [-0.15, -0.1) is 0 Å². The quantitative estimate of drug-likeness (QED) is 0.174. The fraction of sp³-hybridized carbons (Fsp3) is 0.0323. The molecule has 0 amide bonds. The Morgan fingerprint density at radius 3 is 2.12 bits per heavy atom. The van der Waals surface area contributed by atoms with Gasteiger partial charge < -0.3 is 4.74 Å². The van der Waals surface area contributed by atoms with Crippen molar-refractivity contribution in [3.05, 3.63) is 135 Å². The molecule has 0 unspecified atom stereocenters. The van der Waals surface area contributed by atoms with Crippen molar-refractivity contribution < 1.29 is 13.2 Å². The molecule has 40 heavy (non-hydrogen) atoms. The zero-order chi connectivity index (χ0) is 28.1. The monoisotopic (exact) mass is 585 g/mol. The van der Waals surface area contributed by atoms with Crippen LogP contribution in [0, 0.1) is 11.3 Å². The van der Waals surface area contributed by atoms with Gasteiger partial charge in [0.05, 0.1) is 10.6 Å². The molecule has 0 spiro atoms. The number of nitriles is 1. The molecular formula is C31H21Cl2N3O3S. The molecule has 0 saturated heterocycles. The summed E-state index contributed by atoms with van der Waals surface area (Å²) in [6, 6.07) is 31.7. The molecule has 4 aromatic carbocycles. The number of ether oxygens (including phenoxy) is 1. The van der Waals surface area contributed by atoms with Crippen molar-refractivity contribution in [3.8, 4) is 28.8 Å². The SMILES string of the molecule is N#CC(=Cc1cn(-c2ccccc2)nc1-c1ccc(OCc2ccc(Cl)cc2)cc1)S(=O)(=O)c1ccc(Cl)cc1. The van der Waals surface area contributed by atoms with E-state index in [-0.39, 0.29) is 4.90 Å². The van der Waals surface area contributed by atoms with Crippen LogP contribution in [0.25, 0.3) is 23.0 Å². The average molecular weight is 587 g/mol. The highest BCUT2D eigenvalue weighted by atomic mass is 35.5. The standard InChI is InChI=1S/C31H21Cl2N3O3S/c32-25-10-6-22(7-11-25)21-39-28-14-8-23(9-15-28)31-24(20-36(35-31)27-4-2-1-3-5-27)18-30(19-34)40(37,38)29-16-12-26(33)13-17-29/h1-18,20H,21H2. The number of nitrogens with zero attached hydrogens (tertiary/aromatic N) is 3. The van der Waals surface area contributed by atoms with Crippen LogP contribution >= 0.6 is 23.2 Å². The number of hydrogen-bond donors (Lipinski definition) is 0. The number of allylic oxidation sites excluding steroid dienone is 1. The van der Waals surface area contributed by atoms with Crippen LogP contribution in [-0.2, 0) is 16.4 Å². The van der Waals surface area contributed by atoms with E-state index >= 15 is 0 Å². The van der Waals surface area contributed by atoms with Crippen LogP contribution in [0.3, 0.4) is 0 Å². The van der Waals surface area contributed by atoms with E-state index < -0.39 is 14.7 Å². The lowest BCUT2D eigenvalue weighted by Gasteiger charge is -2.08. The summed E-state index contributed by atoms with van der Waals surface area (Å²) >= 11 is 11.9. The summed E-state index contributed by atoms with van der Waals surface area (Å²) in [4.78, 5) is -0.435. The molecule has 6 nitrogen and oxygen atoms in total. The topological polar surface area (TPSA) is 85.0 Å². The van der Waals surface area contributed by atoms with Gasteiger partial charge in [-0.1, -0.05) is 53.5 Å². The van der Waals surface area contributed by atoms with Crippen LogP contribution in [0.4, 0.5) is 0 Å². The predicted molar refractivity (Wildman–Crippen MR) is 157 cm³/mol. The zero-order valence-electron chi connectivity index (χ0n) is 20.9. The normalized spacial score (nSPS) is 11.7. The molecule has 5 rings (SSSR count). The molecule has 0 aliphatic carbocycles. The van der Waals surface area contributed by atoms with Crippen molar-refractivity contribution >= 4 is 39.1 Å². The summed E-state index contributed by atoms with van der Waals surface area (Å²) in [6.45, 7) is 0.376. The minimum absolute atomic E-state index is 0.0242. The maximum Gasteiger partial charge on any atom is 0.216 e. The summed E-state index contributed by atoms with van der Waals surface area (Å²) < 4.78 is 34.1. The van der Waals surface area contributed by atoms with Gasteiger partial charge in [0.1, 0.15) is 29.0 Å². The Hall–Kier alpha value is -4.35. The molecule has 0 fully saturated rings. The number of benzene rings is 4. The van der Waals surface area contributed by atoms with E-state index in [0.717, 1.165) is 16.8 Å². The Kier molecular flexibility index (Phi) is 8.04. The summed E-state index contributed by atoms with van der Waals surface area (Å²) in [5.74, 6) is 0.654. The number of halogens is 2. The third kappa shape index (κ3) is 6.11. The average Bonchev–Trinajstić information content (AvgIpc) is 3.40. The predicted octanol–water partition coefficient (Wildman–Crippen LogP) is 7.76. The van der Waals surface area contributed by atoms with Crippen LogP contribution in [0.5, 0.6) is 5.75 Å². The van der Waals surface area contributed by atoms with Crippen molar-refractivity contribution in [1.82, 2.24) is 9.78 Å². The zero-order valence-corrected chi connectivity index (χ0v) is 23.2. The number of sulfone groups is 1. The molecule has 0 N–H and O–H groups in total. The largest absolute Gasteiger partial charge is 0.489 e. The van der Waals surface area contributed by atoms with Gasteiger partial charge in [0.25, 0.3) is 0 Å². The second kappa shape index (κ2) is 11.8. The lowest BCUT2D eigenvalue weighted by atomic mass is 10.1. The number of aromatic nitrogens is 2. The van der Waals surface area contributed by atoms with Gasteiger partial charge in [0.15, 0.2) is 0 Å². The Balaban J connectivity index is 1.50. The molecular weight excluding hydrogens is 565 g/mol. The van der Waals surface area contributed by atoms with Crippen LogP contribution in [-0.4, -0.2) is 18.2 Å². The summed E-state index contributed by atoms with van der Waals surface area (Å²) in [5, 5.41) is 15.6. The smallest absolute Gasteiger partial charge is 0.216 e. The fourth-order valence-corrected chi connectivity index (χ4v) is 5.34. The van der Waals surface area contributed by atoms with E-state index in [9.17, 15) is 13.7 Å². The third-order valence-electron chi connectivity index (χ3n) is 6.02. The van der Waals surface area contributed by atoms with Gasteiger partial charge in [-0.3, -0.25) is 0 Å². The van der Waals surface area contributed by atoms with Crippen LogP contribution in [0.1, 0.15) is 11.1 Å². The van der Waals surface area contributed by atoms with Crippen molar-refractivity contribution in [1.29, 1.82) is 5.26 Å². The highest BCUT2D eigenvalue weighted by Crippen LogP contribution is 2.30. The van der Waals surface area contributed by atoms with Gasteiger partial charge >= 0.3 is 0 Å². The van der Waals surface area contributed by atoms with Gasteiger partial charge in [-0.05, 0) is 84.4 Å². The molecule has 0 saturated carbocycles. The second-order valence-corrected chi connectivity index (χ2v) is 11.5. The van der Waals surface area contributed by atoms with Crippen LogP contribution in [0.15, 0.2) is 119 Å². The minimum atomic E-state index is -4.09. The van der Waals surface area contributed by atoms with Crippen LogP contribution < -0.4 is 4.74 Å². The lowest BCUT2D eigenvalue weighted by Crippen LogP contribution is -2.03. The second-order valence-electron chi connectivity index (χ2n) is 8.73. The third-order valence-corrected chi connectivity index (χ3v) is 8.20. The van der Waals surface area contributed by atoms with Crippen molar-refractivity contribution in [2.75, 3.05) is 0 Å². The maximum absolute atomic E-state index is 13.3. The van der Waals surface area contributed by atoms with Gasteiger partial charge in [-0.25, -0.2) is 13.1 Å².